The Labute approximate surface area is 124 Å². The molecule has 0 aliphatic heterocycles. The van der Waals surface area contributed by atoms with Crippen LogP contribution in [0.15, 0.2) is 10.5 Å². The molecule has 0 saturated carbocycles. The molecule has 0 fully saturated rings. The van der Waals surface area contributed by atoms with Crippen LogP contribution in [0.5, 0.6) is 11.5 Å². The summed E-state index contributed by atoms with van der Waals surface area (Å²) in [6.45, 7) is 5.10. The lowest BCUT2D eigenvalue weighted by Crippen LogP contribution is -2.05. The lowest BCUT2D eigenvalue weighted by atomic mass is 9.92. The van der Waals surface area contributed by atoms with Crippen LogP contribution in [0.2, 0.25) is 0 Å². The number of benzene rings is 1. The third-order valence-corrected chi connectivity index (χ3v) is 3.79. The maximum absolute atomic E-state index is 5.58. The second-order valence-electron chi connectivity index (χ2n) is 4.90. The van der Waals surface area contributed by atoms with Crippen LogP contribution in [-0.4, -0.2) is 20.8 Å². The van der Waals surface area contributed by atoms with Crippen LogP contribution in [0.25, 0.3) is 0 Å². The van der Waals surface area contributed by atoms with E-state index in [0.717, 1.165) is 41.8 Å². The molecule has 19 heavy (non-hydrogen) atoms. The van der Waals surface area contributed by atoms with Crippen molar-refractivity contribution in [3.05, 3.63) is 21.7 Å². The highest BCUT2D eigenvalue weighted by Crippen LogP contribution is 2.43. The molecule has 0 aromatic heterocycles. The van der Waals surface area contributed by atoms with Crippen LogP contribution in [0.3, 0.4) is 0 Å². The van der Waals surface area contributed by atoms with Crippen molar-refractivity contribution in [2.45, 2.75) is 39.0 Å². The average Bonchev–Trinajstić information content (AvgIpc) is 2.37. The number of hydrogen-bond donors (Lipinski definition) is 1. The zero-order valence-corrected chi connectivity index (χ0v) is 13.8. The minimum absolute atomic E-state index is 0.393. The Morgan fingerprint density at radius 2 is 1.79 bits per heavy atom. The van der Waals surface area contributed by atoms with Crippen molar-refractivity contribution in [2.24, 2.45) is 5.73 Å². The van der Waals surface area contributed by atoms with Crippen LogP contribution in [0, 0.1) is 0 Å². The monoisotopic (exact) mass is 329 g/mol. The summed E-state index contributed by atoms with van der Waals surface area (Å²) in [4.78, 5) is 0. The van der Waals surface area contributed by atoms with Crippen molar-refractivity contribution in [1.82, 2.24) is 0 Å². The van der Waals surface area contributed by atoms with Gasteiger partial charge in [0.25, 0.3) is 0 Å². The molecule has 1 aromatic rings. The number of unbranched alkanes of at least 4 members (excludes halogenated alkanes) is 1. The molecule has 0 bridgehead atoms. The molecule has 3 nitrogen and oxygen atoms in total. The molecular weight excluding hydrogens is 306 g/mol. The molecule has 108 valence electrons. The Morgan fingerprint density at radius 3 is 2.26 bits per heavy atom. The smallest absolute Gasteiger partial charge is 0.175 e. The number of halogens is 1. The second-order valence-corrected chi connectivity index (χ2v) is 5.75. The van der Waals surface area contributed by atoms with Crippen LogP contribution in [0.4, 0.5) is 0 Å². The fourth-order valence-corrected chi connectivity index (χ4v) is 2.98. The van der Waals surface area contributed by atoms with Crippen molar-refractivity contribution in [3.63, 3.8) is 0 Å². The highest BCUT2D eigenvalue weighted by molar-refractivity contribution is 9.10. The Bertz CT molecular complexity index is 419. The molecule has 2 N–H and O–H groups in total. The molecule has 1 rings (SSSR count). The van der Waals surface area contributed by atoms with Crippen LogP contribution in [-0.2, 0) is 6.42 Å². The molecule has 0 unspecified atom stereocenters. The predicted molar refractivity (Wildman–Crippen MR) is 83.3 cm³/mol. The molecule has 0 aliphatic rings. The fourth-order valence-electron chi connectivity index (χ4n) is 2.37. The van der Waals surface area contributed by atoms with Crippen molar-refractivity contribution >= 4 is 15.9 Å². The standard InChI is InChI=1S/C15H24BrNO2/c1-10(2)13-11(7-5-6-8-17)9-12(16)14(18-3)15(13)19-4/h9-10H,5-8,17H2,1-4H3. The molecule has 0 spiro atoms. The summed E-state index contributed by atoms with van der Waals surface area (Å²) in [5.41, 5.74) is 8.12. The largest absolute Gasteiger partial charge is 0.493 e. The van der Waals surface area contributed by atoms with Gasteiger partial charge in [-0.25, -0.2) is 0 Å². The van der Waals surface area contributed by atoms with Crippen molar-refractivity contribution < 1.29 is 9.47 Å². The van der Waals surface area contributed by atoms with Gasteiger partial charge in [0.05, 0.1) is 18.7 Å². The molecular formula is C15H24BrNO2. The van der Waals surface area contributed by atoms with Crippen molar-refractivity contribution in [3.8, 4) is 11.5 Å². The van der Waals surface area contributed by atoms with Crippen molar-refractivity contribution in [1.29, 1.82) is 0 Å². The van der Waals surface area contributed by atoms with Gasteiger partial charge >= 0.3 is 0 Å². The van der Waals surface area contributed by atoms with Gasteiger partial charge in [0.15, 0.2) is 11.5 Å². The number of nitrogens with two attached hydrogens (primary N) is 1. The van der Waals surface area contributed by atoms with Gasteiger partial charge in [-0.2, -0.15) is 0 Å². The summed E-state index contributed by atoms with van der Waals surface area (Å²) in [6, 6.07) is 2.15. The van der Waals surface area contributed by atoms with Crippen molar-refractivity contribution in [2.75, 3.05) is 20.8 Å². The molecule has 0 atom stereocenters. The minimum Gasteiger partial charge on any atom is -0.493 e. The van der Waals surface area contributed by atoms with E-state index < -0.39 is 0 Å². The lowest BCUT2D eigenvalue weighted by molar-refractivity contribution is 0.348. The minimum atomic E-state index is 0.393. The Hall–Kier alpha value is -0.740. The maximum atomic E-state index is 5.58. The Kier molecular flexibility index (Phi) is 6.66. The summed E-state index contributed by atoms with van der Waals surface area (Å²) in [6.07, 6.45) is 3.16. The van der Waals surface area contributed by atoms with E-state index in [9.17, 15) is 0 Å². The van der Waals surface area contributed by atoms with Gasteiger partial charge in [-0.05, 0) is 59.3 Å². The van der Waals surface area contributed by atoms with E-state index in [2.05, 4.69) is 35.8 Å². The molecule has 0 saturated heterocycles. The summed E-state index contributed by atoms with van der Waals surface area (Å²) >= 11 is 3.56. The van der Waals surface area contributed by atoms with E-state index in [0.29, 0.717) is 5.92 Å². The molecule has 4 heteroatoms. The molecule has 1 aromatic carbocycles. The number of ether oxygens (including phenoxy) is 2. The van der Waals surface area contributed by atoms with E-state index in [1.165, 1.54) is 11.1 Å². The third-order valence-electron chi connectivity index (χ3n) is 3.20. The molecule has 0 heterocycles. The summed E-state index contributed by atoms with van der Waals surface area (Å²) in [7, 11) is 3.36. The highest BCUT2D eigenvalue weighted by Gasteiger charge is 2.20. The van der Waals surface area contributed by atoms with Gasteiger partial charge in [0, 0.05) is 5.56 Å². The zero-order valence-electron chi connectivity index (χ0n) is 12.3. The molecule has 0 radical (unpaired) electrons. The fraction of sp³-hybridized carbons (Fsp3) is 0.600. The number of aryl methyl sites for hydroxylation is 1. The number of hydrogen-bond acceptors (Lipinski definition) is 3. The van der Waals surface area contributed by atoms with E-state index in [4.69, 9.17) is 15.2 Å². The summed E-state index contributed by atoms with van der Waals surface area (Å²) in [5.74, 6) is 2.01. The first-order chi connectivity index (χ1) is 9.06. The van der Waals surface area contributed by atoms with Gasteiger partial charge in [-0.3, -0.25) is 0 Å². The van der Waals surface area contributed by atoms with E-state index in [-0.39, 0.29) is 0 Å². The third kappa shape index (κ3) is 3.86. The van der Waals surface area contributed by atoms with E-state index in [1.54, 1.807) is 14.2 Å². The van der Waals surface area contributed by atoms with Gasteiger partial charge in [-0.1, -0.05) is 13.8 Å². The summed E-state index contributed by atoms with van der Waals surface area (Å²) < 4.78 is 12.0. The van der Waals surface area contributed by atoms with E-state index >= 15 is 0 Å². The SMILES string of the molecule is COc1c(Br)cc(CCCCN)c(C(C)C)c1OC. The first-order valence-corrected chi connectivity index (χ1v) is 7.49. The normalized spacial score (nSPS) is 10.9. The van der Waals surface area contributed by atoms with Crippen LogP contribution in [0.1, 0.15) is 43.7 Å². The molecule has 0 aliphatic carbocycles. The quantitative estimate of drug-likeness (QED) is 0.772. The van der Waals surface area contributed by atoms with Gasteiger partial charge in [0.1, 0.15) is 0 Å². The van der Waals surface area contributed by atoms with Gasteiger partial charge in [-0.15, -0.1) is 0 Å². The number of rotatable bonds is 7. The topological polar surface area (TPSA) is 44.5 Å². The van der Waals surface area contributed by atoms with Crippen LogP contribution < -0.4 is 15.2 Å². The van der Waals surface area contributed by atoms with Gasteiger partial charge in [0.2, 0.25) is 0 Å². The molecule has 0 amide bonds. The zero-order chi connectivity index (χ0) is 14.4. The van der Waals surface area contributed by atoms with E-state index in [1.807, 2.05) is 0 Å². The van der Waals surface area contributed by atoms with Crippen LogP contribution >= 0.6 is 15.9 Å². The Morgan fingerprint density at radius 1 is 1.16 bits per heavy atom. The first kappa shape index (κ1) is 16.3. The highest BCUT2D eigenvalue weighted by atomic mass is 79.9. The van der Waals surface area contributed by atoms with Gasteiger partial charge < -0.3 is 15.2 Å². The first-order valence-electron chi connectivity index (χ1n) is 6.70. The number of methoxy groups -OCH3 is 2. The maximum Gasteiger partial charge on any atom is 0.175 e. The Balaban J connectivity index is 3.25. The average molecular weight is 330 g/mol. The second kappa shape index (κ2) is 7.75. The summed E-state index contributed by atoms with van der Waals surface area (Å²) in [5, 5.41) is 0. The predicted octanol–water partition coefficient (Wildman–Crippen LogP) is 3.87. The lowest BCUT2D eigenvalue weighted by Gasteiger charge is -2.21.